The molecule has 0 saturated heterocycles. The van der Waals surface area contributed by atoms with Gasteiger partial charge in [-0.3, -0.25) is 0 Å². The topological polar surface area (TPSA) is 12.0 Å². The van der Waals surface area contributed by atoms with Gasteiger partial charge in [-0.05, 0) is 63.6 Å². The lowest BCUT2D eigenvalue weighted by atomic mass is 9.88. The summed E-state index contributed by atoms with van der Waals surface area (Å²) in [6.07, 6.45) is 3.55. The number of hydrogen-bond acceptors (Lipinski definition) is 1. The highest BCUT2D eigenvalue weighted by Crippen LogP contribution is 2.40. The van der Waals surface area contributed by atoms with Crippen molar-refractivity contribution in [3.63, 3.8) is 0 Å². The molecule has 2 heteroatoms. The second-order valence-corrected chi connectivity index (χ2v) is 6.45. The van der Waals surface area contributed by atoms with Crippen LogP contribution in [0, 0.1) is 11.7 Å². The van der Waals surface area contributed by atoms with Crippen molar-refractivity contribution in [2.24, 2.45) is 5.92 Å². The van der Waals surface area contributed by atoms with E-state index >= 15 is 0 Å². The molecule has 0 aliphatic heterocycles. The summed E-state index contributed by atoms with van der Waals surface area (Å²) in [5.74, 6) is 0.923. The van der Waals surface area contributed by atoms with Crippen LogP contribution in [-0.4, -0.2) is 12.1 Å². The van der Waals surface area contributed by atoms with Crippen LogP contribution in [0.2, 0.25) is 0 Å². The van der Waals surface area contributed by atoms with Crippen LogP contribution in [0.1, 0.15) is 51.5 Å². The Morgan fingerprint density at radius 2 is 1.94 bits per heavy atom. The number of benzene rings is 1. The number of halogens is 1. The van der Waals surface area contributed by atoms with E-state index in [-0.39, 0.29) is 11.4 Å². The lowest BCUT2D eigenvalue weighted by molar-refractivity contribution is 0.353. The van der Waals surface area contributed by atoms with Crippen molar-refractivity contribution in [2.45, 2.75) is 51.5 Å². The van der Waals surface area contributed by atoms with Crippen molar-refractivity contribution in [1.29, 1.82) is 0 Å². The maximum Gasteiger partial charge on any atom is 0.126 e. The second kappa shape index (κ2) is 5.40. The van der Waals surface area contributed by atoms with Gasteiger partial charge in [0.25, 0.3) is 0 Å². The Bertz CT molecular complexity index is 394. The Morgan fingerprint density at radius 3 is 2.61 bits per heavy atom. The van der Waals surface area contributed by atoms with Crippen LogP contribution in [0.3, 0.4) is 0 Å². The minimum Gasteiger partial charge on any atom is -0.312 e. The highest BCUT2D eigenvalue weighted by atomic mass is 19.1. The first-order valence-electron chi connectivity index (χ1n) is 6.97. The fourth-order valence-corrected chi connectivity index (χ4v) is 2.90. The quantitative estimate of drug-likeness (QED) is 0.850. The van der Waals surface area contributed by atoms with E-state index in [2.05, 4.69) is 26.1 Å². The Kier molecular flexibility index (Phi) is 4.06. The maximum absolute atomic E-state index is 13.9. The zero-order chi connectivity index (χ0) is 13.2. The molecule has 1 fully saturated rings. The molecule has 0 aromatic heterocycles. The van der Waals surface area contributed by atoms with Gasteiger partial charge < -0.3 is 5.32 Å². The zero-order valence-electron chi connectivity index (χ0n) is 11.7. The first-order valence-corrected chi connectivity index (χ1v) is 6.97. The van der Waals surface area contributed by atoms with Gasteiger partial charge in [-0.15, -0.1) is 0 Å². The third kappa shape index (κ3) is 3.32. The first-order chi connectivity index (χ1) is 8.47. The fraction of sp³-hybridized carbons (Fsp3) is 0.625. The summed E-state index contributed by atoms with van der Waals surface area (Å²) in [5, 5.41) is 3.56. The Hall–Kier alpha value is -0.890. The van der Waals surface area contributed by atoms with Gasteiger partial charge in [0.1, 0.15) is 5.82 Å². The molecule has 1 aromatic rings. The van der Waals surface area contributed by atoms with E-state index in [0.29, 0.717) is 11.8 Å². The van der Waals surface area contributed by atoms with Crippen molar-refractivity contribution in [3.05, 3.63) is 35.6 Å². The maximum atomic E-state index is 13.9. The highest BCUT2D eigenvalue weighted by Gasteiger charge is 2.30. The largest absolute Gasteiger partial charge is 0.312 e. The van der Waals surface area contributed by atoms with E-state index in [1.165, 1.54) is 12.8 Å². The van der Waals surface area contributed by atoms with Crippen LogP contribution in [-0.2, 0) is 0 Å². The molecule has 2 rings (SSSR count). The molecule has 0 spiro atoms. The lowest BCUT2D eigenvalue weighted by Gasteiger charge is -2.27. The average Bonchev–Trinajstić information content (AvgIpc) is 2.74. The summed E-state index contributed by atoms with van der Waals surface area (Å²) in [4.78, 5) is 0. The molecule has 1 N–H and O–H groups in total. The van der Waals surface area contributed by atoms with Gasteiger partial charge in [-0.25, -0.2) is 4.39 Å². The number of nitrogens with one attached hydrogen (secondary N) is 1. The van der Waals surface area contributed by atoms with Crippen LogP contribution in [0.4, 0.5) is 4.39 Å². The Labute approximate surface area is 110 Å². The minimum atomic E-state index is -0.0369. The second-order valence-electron chi connectivity index (χ2n) is 6.45. The predicted octanol–water partition coefficient (Wildman–Crippen LogP) is 4.10. The van der Waals surface area contributed by atoms with Crippen LogP contribution >= 0.6 is 0 Å². The van der Waals surface area contributed by atoms with E-state index in [1.54, 1.807) is 12.1 Å². The standard InChI is InChI=1S/C16H24FN/c1-16(2,3)18-11-12-7-6-9-13(12)14-8-4-5-10-15(14)17/h4-5,8,10,12-13,18H,6-7,9,11H2,1-3H3. The van der Waals surface area contributed by atoms with E-state index in [9.17, 15) is 4.39 Å². The minimum absolute atomic E-state index is 0.0369. The molecule has 1 nitrogen and oxygen atoms in total. The van der Waals surface area contributed by atoms with Crippen molar-refractivity contribution in [3.8, 4) is 0 Å². The average molecular weight is 249 g/mol. The molecular weight excluding hydrogens is 225 g/mol. The molecule has 0 radical (unpaired) electrons. The molecule has 1 aliphatic carbocycles. The van der Waals surface area contributed by atoms with E-state index in [0.717, 1.165) is 18.5 Å². The molecule has 100 valence electrons. The van der Waals surface area contributed by atoms with Gasteiger partial charge >= 0.3 is 0 Å². The van der Waals surface area contributed by atoms with Gasteiger partial charge in [-0.1, -0.05) is 24.6 Å². The van der Waals surface area contributed by atoms with Crippen molar-refractivity contribution in [2.75, 3.05) is 6.54 Å². The van der Waals surface area contributed by atoms with Crippen LogP contribution in [0.25, 0.3) is 0 Å². The molecule has 18 heavy (non-hydrogen) atoms. The SMILES string of the molecule is CC(C)(C)NCC1CCCC1c1ccccc1F. The smallest absolute Gasteiger partial charge is 0.126 e. The number of rotatable bonds is 3. The van der Waals surface area contributed by atoms with Gasteiger partial charge in [0.15, 0.2) is 0 Å². The summed E-state index contributed by atoms with van der Waals surface area (Å²) in [5.41, 5.74) is 1.05. The highest BCUT2D eigenvalue weighted by molar-refractivity contribution is 5.23. The van der Waals surface area contributed by atoms with Crippen LogP contribution in [0.5, 0.6) is 0 Å². The summed E-state index contributed by atoms with van der Waals surface area (Å²) < 4.78 is 13.9. The molecule has 2 unspecified atom stereocenters. The lowest BCUT2D eigenvalue weighted by Crippen LogP contribution is -2.39. The van der Waals surface area contributed by atoms with E-state index in [1.807, 2.05) is 12.1 Å². The summed E-state index contributed by atoms with van der Waals surface area (Å²) >= 11 is 0. The molecule has 2 atom stereocenters. The van der Waals surface area contributed by atoms with Gasteiger partial charge in [-0.2, -0.15) is 0 Å². The van der Waals surface area contributed by atoms with Crippen LogP contribution < -0.4 is 5.32 Å². The normalized spacial score (nSPS) is 24.4. The Morgan fingerprint density at radius 1 is 1.22 bits per heavy atom. The van der Waals surface area contributed by atoms with Gasteiger partial charge in [0.05, 0.1) is 0 Å². The zero-order valence-corrected chi connectivity index (χ0v) is 11.7. The van der Waals surface area contributed by atoms with E-state index < -0.39 is 0 Å². The van der Waals surface area contributed by atoms with Crippen LogP contribution in [0.15, 0.2) is 24.3 Å². The van der Waals surface area contributed by atoms with Crippen molar-refractivity contribution < 1.29 is 4.39 Å². The van der Waals surface area contributed by atoms with Crippen molar-refractivity contribution >= 4 is 0 Å². The molecule has 0 amide bonds. The summed E-state index contributed by atoms with van der Waals surface area (Å²) in [6.45, 7) is 7.53. The van der Waals surface area contributed by atoms with E-state index in [4.69, 9.17) is 0 Å². The molecule has 1 saturated carbocycles. The fourth-order valence-electron chi connectivity index (χ4n) is 2.90. The first kappa shape index (κ1) is 13.5. The number of hydrogen-bond donors (Lipinski definition) is 1. The molecule has 0 heterocycles. The molecule has 0 bridgehead atoms. The monoisotopic (exact) mass is 249 g/mol. The molecule has 1 aliphatic rings. The van der Waals surface area contributed by atoms with Gasteiger partial charge in [0.2, 0.25) is 0 Å². The third-order valence-electron chi connectivity index (χ3n) is 3.86. The molecular formula is C16H24FN. The van der Waals surface area contributed by atoms with Gasteiger partial charge in [0, 0.05) is 5.54 Å². The predicted molar refractivity (Wildman–Crippen MR) is 74.2 cm³/mol. The Balaban J connectivity index is 2.06. The summed E-state index contributed by atoms with van der Waals surface area (Å²) in [6, 6.07) is 7.26. The van der Waals surface area contributed by atoms with Crippen molar-refractivity contribution in [1.82, 2.24) is 5.32 Å². The summed E-state index contributed by atoms with van der Waals surface area (Å²) in [7, 11) is 0. The molecule has 1 aromatic carbocycles. The third-order valence-corrected chi connectivity index (χ3v) is 3.86.